The molecule has 0 atom stereocenters. The summed E-state index contributed by atoms with van der Waals surface area (Å²) in [7, 11) is -3.05. The van der Waals surface area contributed by atoms with Crippen molar-refractivity contribution in [2.24, 2.45) is 5.73 Å². The summed E-state index contributed by atoms with van der Waals surface area (Å²) in [5.41, 5.74) is 5.84. The van der Waals surface area contributed by atoms with Crippen LogP contribution in [0.1, 0.15) is 46.0 Å². The summed E-state index contributed by atoms with van der Waals surface area (Å²) in [5.74, 6) is 0.204. The number of rotatable bonds is 5. The minimum absolute atomic E-state index is 0.185. The molecule has 0 radical (unpaired) electrons. The zero-order chi connectivity index (χ0) is 12.2. The van der Waals surface area contributed by atoms with Crippen LogP contribution in [-0.2, 0) is 10.0 Å². The van der Waals surface area contributed by atoms with Crippen molar-refractivity contribution >= 4 is 10.0 Å². The van der Waals surface area contributed by atoms with Gasteiger partial charge in [-0.15, -0.1) is 0 Å². The Kier molecular flexibility index (Phi) is 5.21. The fraction of sp³-hybridized carbons (Fsp3) is 1.00. The molecule has 0 saturated heterocycles. The standard InChI is InChI=1S/C11H24N2O2S/c1-3-9-13(16(14,15)4-2)11-7-5-10(12)6-8-11/h10-11H,3-9,12H2,1-2H3. The van der Waals surface area contributed by atoms with Gasteiger partial charge in [0.25, 0.3) is 0 Å². The second-order valence-corrected chi connectivity index (χ2v) is 6.79. The highest BCUT2D eigenvalue weighted by Gasteiger charge is 2.30. The fourth-order valence-electron chi connectivity index (χ4n) is 2.32. The first kappa shape index (κ1) is 13.9. The SMILES string of the molecule is CCCN(C1CCC(N)CC1)S(=O)(=O)CC. The van der Waals surface area contributed by atoms with Gasteiger partial charge in [0.1, 0.15) is 0 Å². The monoisotopic (exact) mass is 248 g/mol. The molecule has 1 fully saturated rings. The van der Waals surface area contributed by atoms with E-state index in [1.54, 1.807) is 11.2 Å². The summed E-state index contributed by atoms with van der Waals surface area (Å²) in [6, 6.07) is 0.453. The maximum atomic E-state index is 12.0. The zero-order valence-corrected chi connectivity index (χ0v) is 11.2. The van der Waals surface area contributed by atoms with Crippen LogP contribution in [0.3, 0.4) is 0 Å². The minimum Gasteiger partial charge on any atom is -0.328 e. The van der Waals surface area contributed by atoms with Gasteiger partial charge in [0.05, 0.1) is 5.75 Å². The first-order chi connectivity index (χ1) is 7.51. The summed E-state index contributed by atoms with van der Waals surface area (Å²) < 4.78 is 25.6. The second kappa shape index (κ2) is 5.98. The molecule has 0 heterocycles. The molecule has 96 valence electrons. The normalized spacial score (nSPS) is 27.2. The van der Waals surface area contributed by atoms with Crippen molar-refractivity contribution in [2.45, 2.75) is 58.0 Å². The lowest BCUT2D eigenvalue weighted by Crippen LogP contribution is -2.45. The highest BCUT2D eigenvalue weighted by atomic mass is 32.2. The lowest BCUT2D eigenvalue weighted by atomic mass is 9.92. The van der Waals surface area contributed by atoms with Gasteiger partial charge in [0, 0.05) is 18.6 Å². The molecule has 5 heteroatoms. The molecule has 1 aliphatic rings. The summed E-state index contributed by atoms with van der Waals surface area (Å²) in [4.78, 5) is 0. The van der Waals surface area contributed by atoms with E-state index in [0.29, 0.717) is 6.54 Å². The van der Waals surface area contributed by atoms with Gasteiger partial charge in [-0.25, -0.2) is 8.42 Å². The summed E-state index contributed by atoms with van der Waals surface area (Å²) >= 11 is 0. The van der Waals surface area contributed by atoms with Crippen molar-refractivity contribution in [3.05, 3.63) is 0 Å². The smallest absolute Gasteiger partial charge is 0.214 e. The van der Waals surface area contributed by atoms with Gasteiger partial charge >= 0.3 is 0 Å². The van der Waals surface area contributed by atoms with Crippen LogP contribution >= 0.6 is 0 Å². The van der Waals surface area contributed by atoms with E-state index in [-0.39, 0.29) is 17.8 Å². The van der Waals surface area contributed by atoms with Crippen LogP contribution < -0.4 is 5.73 Å². The van der Waals surface area contributed by atoms with E-state index in [1.165, 1.54) is 0 Å². The molecular formula is C11H24N2O2S. The van der Waals surface area contributed by atoms with Gasteiger partial charge < -0.3 is 5.73 Å². The number of nitrogens with two attached hydrogens (primary N) is 1. The Morgan fingerprint density at radius 3 is 2.19 bits per heavy atom. The first-order valence-electron chi connectivity index (χ1n) is 6.26. The van der Waals surface area contributed by atoms with Gasteiger partial charge in [-0.05, 0) is 39.0 Å². The molecule has 1 rings (SSSR count). The van der Waals surface area contributed by atoms with Crippen LogP contribution in [0.4, 0.5) is 0 Å². The first-order valence-corrected chi connectivity index (χ1v) is 7.87. The molecule has 0 spiro atoms. The van der Waals surface area contributed by atoms with Gasteiger partial charge in [0.15, 0.2) is 0 Å². The fourth-order valence-corrected chi connectivity index (χ4v) is 3.78. The average Bonchev–Trinajstić information content (AvgIpc) is 2.27. The van der Waals surface area contributed by atoms with E-state index in [2.05, 4.69) is 0 Å². The van der Waals surface area contributed by atoms with Gasteiger partial charge in [-0.2, -0.15) is 4.31 Å². The topological polar surface area (TPSA) is 63.4 Å². The van der Waals surface area contributed by atoms with Gasteiger partial charge in [-0.1, -0.05) is 6.92 Å². The average molecular weight is 248 g/mol. The van der Waals surface area contributed by atoms with E-state index in [9.17, 15) is 8.42 Å². The maximum Gasteiger partial charge on any atom is 0.214 e. The second-order valence-electron chi connectivity index (χ2n) is 4.58. The quantitative estimate of drug-likeness (QED) is 0.798. The third kappa shape index (κ3) is 3.43. The van der Waals surface area contributed by atoms with Crippen LogP contribution in [0.5, 0.6) is 0 Å². The molecule has 1 saturated carbocycles. The lowest BCUT2D eigenvalue weighted by molar-refractivity contribution is 0.240. The molecule has 0 aliphatic heterocycles. The Labute approximate surface area is 99.2 Å². The van der Waals surface area contributed by atoms with Crippen LogP contribution in [0.2, 0.25) is 0 Å². The Morgan fingerprint density at radius 1 is 1.19 bits per heavy atom. The van der Waals surface area contributed by atoms with Gasteiger partial charge in [0.2, 0.25) is 10.0 Å². The van der Waals surface area contributed by atoms with Crippen molar-refractivity contribution in [2.75, 3.05) is 12.3 Å². The molecule has 0 aromatic heterocycles. The Balaban J connectivity index is 2.70. The predicted octanol–water partition coefficient (Wildman–Crippen LogP) is 1.32. The molecule has 1 aliphatic carbocycles. The van der Waals surface area contributed by atoms with Crippen molar-refractivity contribution in [3.8, 4) is 0 Å². The van der Waals surface area contributed by atoms with Crippen LogP contribution in [0.25, 0.3) is 0 Å². The van der Waals surface area contributed by atoms with Crippen molar-refractivity contribution in [1.29, 1.82) is 0 Å². The molecular weight excluding hydrogens is 224 g/mol. The molecule has 0 unspecified atom stereocenters. The van der Waals surface area contributed by atoms with Gasteiger partial charge in [-0.3, -0.25) is 0 Å². The van der Waals surface area contributed by atoms with E-state index >= 15 is 0 Å². The van der Waals surface area contributed by atoms with Crippen molar-refractivity contribution in [1.82, 2.24) is 4.31 Å². The molecule has 0 aromatic rings. The van der Waals surface area contributed by atoms with E-state index in [1.807, 2.05) is 6.92 Å². The van der Waals surface area contributed by atoms with Crippen molar-refractivity contribution in [3.63, 3.8) is 0 Å². The largest absolute Gasteiger partial charge is 0.328 e. The summed E-state index contributed by atoms with van der Waals surface area (Å²) in [5, 5.41) is 0. The van der Waals surface area contributed by atoms with Crippen molar-refractivity contribution < 1.29 is 8.42 Å². The summed E-state index contributed by atoms with van der Waals surface area (Å²) in [6.07, 6.45) is 4.61. The Morgan fingerprint density at radius 2 is 1.75 bits per heavy atom. The highest BCUT2D eigenvalue weighted by Crippen LogP contribution is 2.24. The van der Waals surface area contributed by atoms with E-state index in [0.717, 1.165) is 32.1 Å². The molecule has 4 nitrogen and oxygen atoms in total. The Hall–Kier alpha value is -0.130. The molecule has 0 amide bonds. The van der Waals surface area contributed by atoms with E-state index < -0.39 is 10.0 Å². The predicted molar refractivity (Wildman–Crippen MR) is 66.7 cm³/mol. The molecule has 16 heavy (non-hydrogen) atoms. The summed E-state index contributed by atoms with van der Waals surface area (Å²) in [6.45, 7) is 4.38. The van der Waals surface area contributed by atoms with Crippen LogP contribution in [-0.4, -0.2) is 37.1 Å². The maximum absolute atomic E-state index is 12.0. The van der Waals surface area contributed by atoms with Crippen LogP contribution in [0.15, 0.2) is 0 Å². The number of hydrogen-bond acceptors (Lipinski definition) is 3. The van der Waals surface area contributed by atoms with E-state index in [4.69, 9.17) is 5.73 Å². The zero-order valence-electron chi connectivity index (χ0n) is 10.4. The Bertz CT molecular complexity index is 295. The molecule has 0 aromatic carbocycles. The molecule has 2 N–H and O–H groups in total. The number of hydrogen-bond donors (Lipinski definition) is 1. The third-order valence-electron chi connectivity index (χ3n) is 3.31. The highest BCUT2D eigenvalue weighted by molar-refractivity contribution is 7.89. The number of sulfonamides is 1. The lowest BCUT2D eigenvalue weighted by Gasteiger charge is -2.34. The van der Waals surface area contributed by atoms with Crippen LogP contribution in [0, 0.1) is 0 Å². The third-order valence-corrected chi connectivity index (χ3v) is 5.24. The molecule has 0 bridgehead atoms. The minimum atomic E-state index is -3.05. The number of nitrogens with zero attached hydrogens (tertiary/aromatic N) is 1.